The monoisotopic (exact) mass is 185 g/mol. The summed E-state index contributed by atoms with van der Waals surface area (Å²) < 4.78 is 5.67. The van der Waals surface area contributed by atoms with E-state index in [9.17, 15) is 0 Å². The molecule has 0 unspecified atom stereocenters. The molecule has 0 amide bonds. The van der Waals surface area contributed by atoms with Gasteiger partial charge in [-0.3, -0.25) is 0 Å². The van der Waals surface area contributed by atoms with E-state index in [0.29, 0.717) is 6.04 Å². The first-order chi connectivity index (χ1) is 6.14. The summed E-state index contributed by atoms with van der Waals surface area (Å²) in [5.74, 6) is 0. The fraction of sp³-hybridized carbons (Fsp3) is 1.00. The van der Waals surface area contributed by atoms with Crippen LogP contribution in [0.4, 0.5) is 0 Å². The molecular weight excluding hydrogens is 162 g/mol. The van der Waals surface area contributed by atoms with E-state index < -0.39 is 0 Å². The molecule has 1 aliphatic carbocycles. The van der Waals surface area contributed by atoms with Crippen molar-refractivity contribution in [3.05, 3.63) is 0 Å². The summed E-state index contributed by atoms with van der Waals surface area (Å²) in [5, 5.41) is 0. The minimum Gasteiger partial charge on any atom is -0.377 e. The van der Waals surface area contributed by atoms with Crippen molar-refractivity contribution < 1.29 is 4.74 Å². The lowest BCUT2D eigenvalue weighted by Crippen LogP contribution is -2.52. The summed E-state index contributed by atoms with van der Waals surface area (Å²) in [6.45, 7) is 5.58. The summed E-state index contributed by atoms with van der Waals surface area (Å²) in [7, 11) is 4.05. The summed E-state index contributed by atoms with van der Waals surface area (Å²) in [4.78, 5) is 2.42. The van der Waals surface area contributed by atoms with Crippen LogP contribution in [0.25, 0.3) is 0 Å². The van der Waals surface area contributed by atoms with E-state index in [-0.39, 0.29) is 5.60 Å². The Balaban J connectivity index is 2.67. The number of hydrogen-bond acceptors (Lipinski definition) is 2. The van der Waals surface area contributed by atoms with Crippen LogP contribution in [0.3, 0.4) is 0 Å². The zero-order chi connectivity index (χ0) is 9.90. The molecule has 0 aliphatic heterocycles. The lowest BCUT2D eigenvalue weighted by atomic mass is 9.81. The Morgan fingerprint density at radius 3 is 2.69 bits per heavy atom. The van der Waals surface area contributed by atoms with Crippen molar-refractivity contribution in [3.63, 3.8) is 0 Å². The second-order valence-corrected chi connectivity index (χ2v) is 4.35. The van der Waals surface area contributed by atoms with Gasteiger partial charge in [-0.15, -0.1) is 0 Å². The number of nitrogens with zero attached hydrogens (tertiary/aromatic N) is 1. The van der Waals surface area contributed by atoms with Crippen LogP contribution in [-0.2, 0) is 4.74 Å². The molecule has 0 saturated heterocycles. The topological polar surface area (TPSA) is 12.5 Å². The van der Waals surface area contributed by atoms with Crippen LogP contribution in [0.5, 0.6) is 0 Å². The molecule has 1 rings (SSSR count). The first-order valence-corrected chi connectivity index (χ1v) is 5.39. The smallest absolute Gasteiger partial charge is 0.0805 e. The molecule has 2 atom stereocenters. The van der Waals surface area contributed by atoms with E-state index in [1.165, 1.54) is 25.7 Å². The molecule has 13 heavy (non-hydrogen) atoms. The molecule has 0 aromatic heterocycles. The Kier molecular flexibility index (Phi) is 3.74. The normalized spacial score (nSPS) is 35.3. The van der Waals surface area contributed by atoms with E-state index in [1.807, 2.05) is 7.11 Å². The van der Waals surface area contributed by atoms with Gasteiger partial charge in [0.1, 0.15) is 0 Å². The van der Waals surface area contributed by atoms with E-state index in [4.69, 9.17) is 4.74 Å². The maximum atomic E-state index is 5.67. The van der Waals surface area contributed by atoms with Crippen molar-refractivity contribution in [2.75, 3.05) is 20.7 Å². The van der Waals surface area contributed by atoms with Gasteiger partial charge in [0.05, 0.1) is 5.60 Å². The molecule has 0 heterocycles. The highest BCUT2D eigenvalue weighted by atomic mass is 16.5. The molecule has 0 bridgehead atoms. The molecule has 0 aromatic carbocycles. The van der Waals surface area contributed by atoms with Gasteiger partial charge < -0.3 is 9.64 Å². The highest BCUT2D eigenvalue weighted by Gasteiger charge is 2.38. The van der Waals surface area contributed by atoms with Gasteiger partial charge in [-0.05, 0) is 33.4 Å². The minimum atomic E-state index is 0.0863. The molecule has 1 fully saturated rings. The molecule has 0 N–H and O–H groups in total. The maximum Gasteiger partial charge on any atom is 0.0805 e. The van der Waals surface area contributed by atoms with Crippen molar-refractivity contribution in [1.82, 2.24) is 4.90 Å². The first-order valence-electron chi connectivity index (χ1n) is 5.39. The SMILES string of the molecule is CCN(C)[C@@H]1CCCC[C@@]1(C)OC. The van der Waals surface area contributed by atoms with Gasteiger partial charge in [0.25, 0.3) is 0 Å². The largest absolute Gasteiger partial charge is 0.377 e. The van der Waals surface area contributed by atoms with Crippen molar-refractivity contribution in [3.8, 4) is 0 Å². The molecule has 0 radical (unpaired) electrons. The summed E-state index contributed by atoms with van der Waals surface area (Å²) >= 11 is 0. The van der Waals surface area contributed by atoms with Crippen molar-refractivity contribution >= 4 is 0 Å². The molecule has 1 saturated carbocycles. The average molecular weight is 185 g/mol. The third-order valence-electron chi connectivity index (χ3n) is 3.60. The molecule has 0 aromatic rings. The van der Waals surface area contributed by atoms with E-state index >= 15 is 0 Å². The Bertz CT molecular complexity index is 160. The second kappa shape index (κ2) is 4.43. The minimum absolute atomic E-state index is 0.0863. The Morgan fingerprint density at radius 2 is 2.15 bits per heavy atom. The van der Waals surface area contributed by atoms with Crippen LogP contribution >= 0.6 is 0 Å². The Morgan fingerprint density at radius 1 is 1.46 bits per heavy atom. The number of rotatable bonds is 3. The summed E-state index contributed by atoms with van der Waals surface area (Å²) in [5.41, 5.74) is 0.0863. The Labute approximate surface area is 82.3 Å². The van der Waals surface area contributed by atoms with Crippen LogP contribution in [0.2, 0.25) is 0 Å². The number of methoxy groups -OCH3 is 1. The summed E-state index contributed by atoms with van der Waals surface area (Å²) in [6.07, 6.45) is 5.17. The molecule has 2 heteroatoms. The fourth-order valence-electron chi connectivity index (χ4n) is 2.43. The lowest BCUT2D eigenvalue weighted by Gasteiger charge is -2.44. The van der Waals surface area contributed by atoms with Crippen LogP contribution in [0.15, 0.2) is 0 Å². The van der Waals surface area contributed by atoms with Gasteiger partial charge >= 0.3 is 0 Å². The first kappa shape index (κ1) is 11.0. The molecule has 2 nitrogen and oxygen atoms in total. The van der Waals surface area contributed by atoms with Gasteiger partial charge in [-0.25, -0.2) is 0 Å². The number of likely N-dealkylation sites (N-methyl/N-ethyl adjacent to an activating group) is 1. The van der Waals surface area contributed by atoms with Crippen LogP contribution in [0.1, 0.15) is 39.5 Å². The fourth-order valence-corrected chi connectivity index (χ4v) is 2.43. The second-order valence-electron chi connectivity index (χ2n) is 4.35. The van der Waals surface area contributed by atoms with Gasteiger partial charge in [0.2, 0.25) is 0 Å². The zero-order valence-electron chi connectivity index (χ0n) is 9.47. The van der Waals surface area contributed by atoms with Crippen LogP contribution in [0, 0.1) is 0 Å². The number of ether oxygens (including phenoxy) is 1. The van der Waals surface area contributed by atoms with Crippen LogP contribution in [-0.4, -0.2) is 37.2 Å². The zero-order valence-corrected chi connectivity index (χ0v) is 9.47. The summed E-state index contributed by atoms with van der Waals surface area (Å²) in [6, 6.07) is 0.608. The predicted molar refractivity (Wildman–Crippen MR) is 56.0 cm³/mol. The molecule has 1 aliphatic rings. The highest BCUT2D eigenvalue weighted by molar-refractivity contribution is 4.93. The van der Waals surface area contributed by atoms with Crippen molar-refractivity contribution in [2.45, 2.75) is 51.2 Å². The van der Waals surface area contributed by atoms with E-state index in [2.05, 4.69) is 25.8 Å². The quantitative estimate of drug-likeness (QED) is 0.669. The Hall–Kier alpha value is -0.0800. The third-order valence-corrected chi connectivity index (χ3v) is 3.60. The van der Waals surface area contributed by atoms with E-state index in [0.717, 1.165) is 6.54 Å². The molecule has 0 spiro atoms. The maximum absolute atomic E-state index is 5.67. The number of hydrogen-bond donors (Lipinski definition) is 0. The van der Waals surface area contributed by atoms with Gasteiger partial charge in [0, 0.05) is 13.2 Å². The van der Waals surface area contributed by atoms with Gasteiger partial charge in [-0.2, -0.15) is 0 Å². The van der Waals surface area contributed by atoms with E-state index in [1.54, 1.807) is 0 Å². The van der Waals surface area contributed by atoms with Crippen molar-refractivity contribution in [1.29, 1.82) is 0 Å². The molecule has 78 valence electrons. The van der Waals surface area contributed by atoms with Crippen LogP contribution < -0.4 is 0 Å². The highest BCUT2D eigenvalue weighted by Crippen LogP contribution is 2.33. The van der Waals surface area contributed by atoms with Gasteiger partial charge in [0.15, 0.2) is 0 Å². The lowest BCUT2D eigenvalue weighted by molar-refractivity contribution is -0.0819. The molecular formula is C11H23NO. The standard InChI is InChI=1S/C11H23NO/c1-5-12(3)10-8-6-7-9-11(10,2)13-4/h10H,5-9H2,1-4H3/t10-,11-/m1/s1. The predicted octanol–water partition coefficient (Wildman–Crippen LogP) is 2.29. The van der Waals surface area contributed by atoms with Gasteiger partial charge in [-0.1, -0.05) is 19.8 Å². The third kappa shape index (κ3) is 2.23. The average Bonchev–Trinajstić information content (AvgIpc) is 2.17. The van der Waals surface area contributed by atoms with Crippen molar-refractivity contribution in [2.24, 2.45) is 0 Å².